The van der Waals surface area contributed by atoms with Crippen molar-refractivity contribution in [3.63, 3.8) is 0 Å². The molecule has 8 heteroatoms. The van der Waals surface area contributed by atoms with E-state index in [2.05, 4.69) is 17.2 Å². The first-order valence-electron chi connectivity index (χ1n) is 13.0. The third-order valence-corrected chi connectivity index (χ3v) is 6.21. The fraction of sp³-hybridized carbons (Fsp3) is 0.281. The number of nitrogens with zero attached hydrogens (tertiary/aromatic N) is 1. The fourth-order valence-electron chi connectivity index (χ4n) is 4.21. The number of nitrogens with one attached hydrogen (secondary N) is 2. The molecule has 0 fully saturated rings. The highest BCUT2D eigenvalue weighted by Crippen LogP contribution is 2.26. The largest absolute Gasteiger partial charge is 0.508 e. The highest BCUT2D eigenvalue weighted by atomic mass is 16.6. The highest BCUT2D eigenvalue weighted by molar-refractivity contribution is 5.99. The van der Waals surface area contributed by atoms with Crippen molar-refractivity contribution >= 4 is 29.7 Å². The first kappa shape index (κ1) is 30.0. The van der Waals surface area contributed by atoms with Crippen LogP contribution in [0.2, 0.25) is 0 Å². The zero-order chi connectivity index (χ0) is 29.4. The molecule has 210 valence electrons. The molecule has 0 spiro atoms. The van der Waals surface area contributed by atoms with Crippen molar-refractivity contribution in [1.82, 2.24) is 10.2 Å². The Morgan fingerprint density at radius 3 is 2.33 bits per heavy atom. The lowest BCUT2D eigenvalue weighted by Crippen LogP contribution is -2.52. The first-order chi connectivity index (χ1) is 18.9. The Bertz CT molecular complexity index is 1360. The molecule has 0 aliphatic rings. The number of phenolic OH excluding ortho intramolecular Hbond substituents is 1. The van der Waals surface area contributed by atoms with Gasteiger partial charge in [0, 0.05) is 19.2 Å². The van der Waals surface area contributed by atoms with Crippen molar-refractivity contribution in [2.45, 2.75) is 51.8 Å². The van der Waals surface area contributed by atoms with Gasteiger partial charge in [0.15, 0.2) is 0 Å². The zero-order valence-corrected chi connectivity index (χ0v) is 23.6. The maximum atomic E-state index is 14.0. The Labute approximate surface area is 235 Å². The predicted octanol–water partition coefficient (Wildman–Crippen LogP) is 5.62. The van der Waals surface area contributed by atoms with Gasteiger partial charge in [-0.05, 0) is 74.2 Å². The van der Waals surface area contributed by atoms with Crippen LogP contribution in [0.15, 0.2) is 79.4 Å². The van der Waals surface area contributed by atoms with Gasteiger partial charge in [0.25, 0.3) is 5.91 Å². The lowest BCUT2D eigenvalue weighted by Gasteiger charge is -2.32. The van der Waals surface area contributed by atoms with E-state index in [9.17, 15) is 19.5 Å². The van der Waals surface area contributed by atoms with E-state index in [1.165, 1.54) is 24.1 Å². The van der Waals surface area contributed by atoms with Gasteiger partial charge in [-0.25, -0.2) is 4.79 Å². The lowest BCUT2D eigenvalue weighted by molar-refractivity contribution is -0.139. The standard InChI is InChI=1S/C32H37N3O5/c1-7-22-12-10-13-24(19-22)28(29(37)33-26-14-9-8-11-21(26)2)35(6)30(38)27(34-31(39)40-32(3,4)5)20-23-15-17-25(36)18-16-23/h7-19,27-28,36H,1,20H2,2-6H3,(H,33,37)(H,34,39). The summed E-state index contributed by atoms with van der Waals surface area (Å²) in [5.41, 5.74) is 2.81. The van der Waals surface area contributed by atoms with Crippen LogP contribution in [0.5, 0.6) is 5.75 Å². The highest BCUT2D eigenvalue weighted by Gasteiger charge is 2.34. The Morgan fingerprint density at radius 2 is 1.70 bits per heavy atom. The minimum atomic E-state index is -1.05. The van der Waals surface area contributed by atoms with Crippen LogP contribution in [0.3, 0.4) is 0 Å². The monoisotopic (exact) mass is 543 g/mol. The molecule has 0 heterocycles. The van der Waals surface area contributed by atoms with Gasteiger partial charge in [-0.15, -0.1) is 0 Å². The molecule has 3 amide bonds. The molecule has 0 saturated carbocycles. The summed E-state index contributed by atoms with van der Waals surface area (Å²) in [5.74, 6) is -0.821. The van der Waals surface area contributed by atoms with Crippen LogP contribution in [0, 0.1) is 6.92 Å². The van der Waals surface area contributed by atoms with Crippen molar-refractivity contribution in [3.05, 3.63) is 102 Å². The maximum Gasteiger partial charge on any atom is 0.408 e. The van der Waals surface area contributed by atoms with Crippen molar-refractivity contribution in [1.29, 1.82) is 0 Å². The molecular weight excluding hydrogens is 506 g/mol. The number of phenols is 1. The second kappa shape index (κ2) is 13.0. The average molecular weight is 544 g/mol. The quantitative estimate of drug-likeness (QED) is 0.325. The summed E-state index contributed by atoms with van der Waals surface area (Å²) in [7, 11) is 1.53. The number of carbonyl (C=O) groups is 3. The van der Waals surface area contributed by atoms with Crippen LogP contribution in [0.4, 0.5) is 10.5 Å². The molecule has 0 aromatic heterocycles. The van der Waals surface area contributed by atoms with Crippen LogP contribution in [-0.4, -0.2) is 46.6 Å². The van der Waals surface area contributed by atoms with Crippen molar-refractivity contribution in [2.24, 2.45) is 0 Å². The van der Waals surface area contributed by atoms with Gasteiger partial charge in [0.2, 0.25) is 5.91 Å². The number of hydrogen-bond donors (Lipinski definition) is 3. The third kappa shape index (κ3) is 8.20. The van der Waals surface area contributed by atoms with Gasteiger partial charge in [-0.1, -0.05) is 61.2 Å². The average Bonchev–Trinajstić information content (AvgIpc) is 2.89. The Kier molecular flexibility index (Phi) is 9.72. The molecule has 8 nitrogen and oxygen atoms in total. The van der Waals surface area contributed by atoms with Crippen molar-refractivity contribution < 1.29 is 24.2 Å². The van der Waals surface area contributed by atoms with E-state index in [1.807, 2.05) is 31.2 Å². The van der Waals surface area contributed by atoms with E-state index in [1.54, 1.807) is 63.2 Å². The number of aromatic hydroxyl groups is 1. The maximum absolute atomic E-state index is 14.0. The number of alkyl carbamates (subject to hydrolysis) is 1. The number of para-hydroxylation sites is 1. The van der Waals surface area contributed by atoms with Gasteiger partial charge in [0.05, 0.1) is 0 Å². The third-order valence-electron chi connectivity index (χ3n) is 6.21. The van der Waals surface area contributed by atoms with Crippen molar-refractivity contribution in [2.75, 3.05) is 12.4 Å². The summed E-state index contributed by atoms with van der Waals surface area (Å²) in [6, 6.07) is 18.9. The number of ether oxygens (including phenoxy) is 1. The van der Waals surface area contributed by atoms with E-state index in [0.29, 0.717) is 16.8 Å². The number of anilines is 1. The van der Waals surface area contributed by atoms with E-state index >= 15 is 0 Å². The number of aryl methyl sites for hydroxylation is 1. The number of carbonyl (C=O) groups excluding carboxylic acids is 3. The summed E-state index contributed by atoms with van der Waals surface area (Å²) in [5, 5.41) is 15.3. The van der Waals surface area contributed by atoms with Crippen LogP contribution >= 0.6 is 0 Å². The number of hydrogen-bond acceptors (Lipinski definition) is 5. The molecule has 2 unspecified atom stereocenters. The topological polar surface area (TPSA) is 108 Å². The predicted molar refractivity (Wildman–Crippen MR) is 157 cm³/mol. The zero-order valence-electron chi connectivity index (χ0n) is 23.6. The van der Waals surface area contributed by atoms with Crippen LogP contribution in [0.25, 0.3) is 6.08 Å². The van der Waals surface area contributed by atoms with E-state index < -0.39 is 35.6 Å². The van der Waals surface area contributed by atoms with Gasteiger partial charge < -0.3 is 25.4 Å². The van der Waals surface area contributed by atoms with Crippen molar-refractivity contribution in [3.8, 4) is 5.75 Å². The number of benzene rings is 3. The van der Waals surface area contributed by atoms with Gasteiger partial charge in [-0.3, -0.25) is 9.59 Å². The molecule has 0 bridgehead atoms. The van der Waals surface area contributed by atoms with Crippen LogP contribution in [-0.2, 0) is 20.7 Å². The van der Waals surface area contributed by atoms with Gasteiger partial charge in [-0.2, -0.15) is 0 Å². The van der Waals surface area contributed by atoms with Gasteiger partial charge in [0.1, 0.15) is 23.4 Å². The molecule has 3 aromatic carbocycles. The fourth-order valence-corrected chi connectivity index (χ4v) is 4.21. The van der Waals surface area contributed by atoms with E-state index in [4.69, 9.17) is 4.74 Å². The minimum Gasteiger partial charge on any atom is -0.508 e. The second-order valence-electron chi connectivity index (χ2n) is 10.6. The molecule has 40 heavy (non-hydrogen) atoms. The van der Waals surface area contributed by atoms with Crippen LogP contribution in [0.1, 0.15) is 49.1 Å². The number of likely N-dealkylation sites (N-methyl/N-ethyl adjacent to an activating group) is 1. The normalized spacial score (nSPS) is 12.5. The summed E-state index contributed by atoms with van der Waals surface area (Å²) < 4.78 is 5.42. The molecule has 0 aliphatic heterocycles. The number of amides is 3. The summed E-state index contributed by atoms with van der Waals surface area (Å²) in [6.07, 6.45) is 1.02. The van der Waals surface area contributed by atoms with E-state index in [-0.39, 0.29) is 12.2 Å². The molecule has 0 radical (unpaired) electrons. The SMILES string of the molecule is C=Cc1cccc(C(C(=O)Nc2ccccc2C)N(C)C(=O)C(Cc2ccc(O)cc2)NC(=O)OC(C)(C)C)c1. The summed E-state index contributed by atoms with van der Waals surface area (Å²) in [6.45, 7) is 10.9. The Morgan fingerprint density at radius 1 is 1.02 bits per heavy atom. The second-order valence-corrected chi connectivity index (χ2v) is 10.6. The molecule has 3 aromatic rings. The van der Waals surface area contributed by atoms with E-state index in [0.717, 1.165) is 11.1 Å². The summed E-state index contributed by atoms with van der Waals surface area (Å²) >= 11 is 0. The Balaban J connectivity index is 1.99. The smallest absolute Gasteiger partial charge is 0.408 e. The number of rotatable bonds is 9. The molecule has 0 saturated heterocycles. The molecular formula is C32H37N3O5. The molecule has 3 rings (SSSR count). The van der Waals surface area contributed by atoms with Gasteiger partial charge >= 0.3 is 6.09 Å². The first-order valence-corrected chi connectivity index (χ1v) is 13.0. The summed E-state index contributed by atoms with van der Waals surface area (Å²) in [4.78, 5) is 41.9. The minimum absolute atomic E-state index is 0.0823. The molecule has 3 N–H and O–H groups in total. The Hall–Kier alpha value is -4.59. The lowest BCUT2D eigenvalue weighted by atomic mass is 9.99. The molecule has 2 atom stereocenters. The molecule has 0 aliphatic carbocycles. The van der Waals surface area contributed by atoms with Crippen LogP contribution < -0.4 is 10.6 Å².